The quantitative estimate of drug-likeness (QED) is 0.764. The Kier molecular flexibility index (Phi) is 4.08. The van der Waals surface area contributed by atoms with Crippen LogP contribution in [0.2, 0.25) is 0 Å². The number of likely N-dealkylation sites (tertiary alicyclic amines) is 1. The van der Waals surface area contributed by atoms with Gasteiger partial charge < -0.3 is 10.2 Å². The summed E-state index contributed by atoms with van der Waals surface area (Å²) in [5, 5.41) is 3.51. The molecule has 126 valence electrons. The largest absolute Gasteiger partial charge is 0.384 e. The molecule has 2 heterocycles. The summed E-state index contributed by atoms with van der Waals surface area (Å²) in [7, 11) is 0. The number of hydrogen-bond acceptors (Lipinski definition) is 2. The minimum absolute atomic E-state index is 0.0909. The minimum atomic E-state index is -0.0909. The van der Waals surface area contributed by atoms with Crippen molar-refractivity contribution in [3.63, 3.8) is 0 Å². The fourth-order valence-electron chi connectivity index (χ4n) is 5.14. The highest BCUT2D eigenvalue weighted by atomic mass is 19.1. The van der Waals surface area contributed by atoms with E-state index < -0.39 is 0 Å². The monoisotopic (exact) mass is 316 g/mol. The van der Waals surface area contributed by atoms with Gasteiger partial charge in [-0.3, -0.25) is 0 Å². The predicted octanol–water partition coefficient (Wildman–Crippen LogP) is 4.55. The third-order valence-corrected chi connectivity index (χ3v) is 6.60. The molecule has 1 N–H and O–H groups in total. The van der Waals surface area contributed by atoms with Crippen LogP contribution in [-0.4, -0.2) is 30.6 Å². The number of piperidine rings is 1. The van der Waals surface area contributed by atoms with E-state index in [2.05, 4.69) is 17.1 Å². The first-order valence-electron chi connectivity index (χ1n) is 9.44. The van der Waals surface area contributed by atoms with Gasteiger partial charge in [-0.1, -0.05) is 26.2 Å². The lowest BCUT2D eigenvalue weighted by molar-refractivity contribution is 0.105. The molecule has 2 fully saturated rings. The first kappa shape index (κ1) is 15.4. The zero-order valence-electron chi connectivity index (χ0n) is 14.3. The van der Waals surface area contributed by atoms with Crippen LogP contribution < -0.4 is 5.32 Å². The molecule has 0 amide bonds. The van der Waals surface area contributed by atoms with Crippen molar-refractivity contribution < 1.29 is 4.39 Å². The Hall–Kier alpha value is -1.09. The normalized spacial score (nSPS) is 30.7. The maximum atomic E-state index is 13.7. The molecule has 0 radical (unpaired) electrons. The number of hydrogen-bond donors (Lipinski definition) is 1. The van der Waals surface area contributed by atoms with Crippen molar-refractivity contribution in [3.05, 3.63) is 29.6 Å². The van der Waals surface area contributed by atoms with Gasteiger partial charge in [0.1, 0.15) is 5.82 Å². The molecule has 3 heteroatoms. The lowest BCUT2D eigenvalue weighted by Crippen LogP contribution is -2.48. The third kappa shape index (κ3) is 2.88. The Morgan fingerprint density at radius 3 is 2.78 bits per heavy atom. The summed E-state index contributed by atoms with van der Waals surface area (Å²) in [4.78, 5) is 2.74. The summed E-state index contributed by atoms with van der Waals surface area (Å²) in [6, 6.07) is 6.05. The van der Waals surface area contributed by atoms with E-state index in [0.29, 0.717) is 0 Å². The molecule has 0 aromatic heterocycles. The Balaban J connectivity index is 1.47. The Morgan fingerprint density at radius 1 is 1.17 bits per heavy atom. The van der Waals surface area contributed by atoms with E-state index in [1.807, 2.05) is 6.07 Å². The summed E-state index contributed by atoms with van der Waals surface area (Å²) < 4.78 is 13.7. The lowest BCUT2D eigenvalue weighted by atomic mass is 9.74. The van der Waals surface area contributed by atoms with E-state index in [1.165, 1.54) is 63.6 Å². The van der Waals surface area contributed by atoms with E-state index in [1.54, 1.807) is 12.1 Å². The Morgan fingerprint density at radius 2 is 1.96 bits per heavy atom. The molecule has 2 unspecified atom stereocenters. The summed E-state index contributed by atoms with van der Waals surface area (Å²) in [5.74, 6) is 0.785. The Bertz CT molecular complexity index is 563. The molecule has 1 spiro atoms. The number of nitrogens with one attached hydrogen (secondary N) is 1. The number of nitrogens with zero attached hydrogens (tertiary/aromatic N) is 1. The summed E-state index contributed by atoms with van der Waals surface area (Å²) in [6.45, 7) is 5.76. The topological polar surface area (TPSA) is 15.3 Å². The maximum absolute atomic E-state index is 13.7. The highest BCUT2D eigenvalue weighted by Crippen LogP contribution is 2.45. The summed E-state index contributed by atoms with van der Waals surface area (Å²) in [5.41, 5.74) is 2.55. The van der Waals surface area contributed by atoms with Gasteiger partial charge in [-0.15, -0.1) is 0 Å². The van der Waals surface area contributed by atoms with Gasteiger partial charge in [-0.25, -0.2) is 4.39 Å². The molecule has 1 aromatic carbocycles. The van der Waals surface area contributed by atoms with Crippen molar-refractivity contribution in [2.45, 2.75) is 63.3 Å². The van der Waals surface area contributed by atoms with E-state index in [-0.39, 0.29) is 11.2 Å². The molecular weight excluding hydrogens is 287 g/mol. The van der Waals surface area contributed by atoms with Crippen molar-refractivity contribution in [1.29, 1.82) is 0 Å². The van der Waals surface area contributed by atoms with E-state index in [0.717, 1.165) is 24.2 Å². The first-order chi connectivity index (χ1) is 11.2. The molecular formula is C20H29FN2. The van der Waals surface area contributed by atoms with E-state index in [9.17, 15) is 4.39 Å². The molecule has 2 atom stereocenters. The molecule has 1 aliphatic carbocycles. The standard InChI is InChI=1S/C20H29FN2/c1-15-4-2-3-5-17(12-15)23-10-8-20(9-11-23)14-22-19-7-6-16(21)13-18(19)20/h6-7,13,15,17,22H,2-5,8-12,14H2,1H3. The number of fused-ring (bicyclic) bond motifs is 2. The van der Waals surface area contributed by atoms with Crippen LogP contribution >= 0.6 is 0 Å². The molecule has 3 aliphatic rings. The van der Waals surface area contributed by atoms with Gasteiger partial charge >= 0.3 is 0 Å². The SMILES string of the molecule is CC1CCCCC(N2CCC3(CC2)CNc2ccc(F)cc23)C1. The fraction of sp³-hybridized carbons (Fsp3) is 0.700. The summed E-state index contributed by atoms with van der Waals surface area (Å²) >= 11 is 0. The molecule has 23 heavy (non-hydrogen) atoms. The number of rotatable bonds is 1. The summed E-state index contributed by atoms with van der Waals surface area (Å²) in [6.07, 6.45) is 9.29. The molecule has 4 rings (SSSR count). The fourth-order valence-corrected chi connectivity index (χ4v) is 5.14. The van der Waals surface area contributed by atoms with Crippen molar-refractivity contribution in [2.24, 2.45) is 5.92 Å². The van der Waals surface area contributed by atoms with E-state index in [4.69, 9.17) is 0 Å². The van der Waals surface area contributed by atoms with Crippen LogP contribution in [-0.2, 0) is 5.41 Å². The van der Waals surface area contributed by atoms with Crippen molar-refractivity contribution in [1.82, 2.24) is 4.90 Å². The zero-order valence-corrected chi connectivity index (χ0v) is 14.3. The molecule has 1 saturated heterocycles. The lowest BCUT2D eigenvalue weighted by Gasteiger charge is -2.43. The van der Waals surface area contributed by atoms with Crippen LogP contribution in [0.15, 0.2) is 18.2 Å². The second-order valence-corrected chi connectivity index (χ2v) is 8.14. The second kappa shape index (κ2) is 6.08. The van der Waals surface area contributed by atoms with Crippen LogP contribution in [0, 0.1) is 11.7 Å². The maximum Gasteiger partial charge on any atom is 0.123 e. The smallest absolute Gasteiger partial charge is 0.123 e. The number of anilines is 1. The number of benzene rings is 1. The van der Waals surface area contributed by atoms with Gasteiger partial charge in [-0.05, 0) is 68.5 Å². The van der Waals surface area contributed by atoms with Gasteiger partial charge in [0.15, 0.2) is 0 Å². The van der Waals surface area contributed by atoms with Gasteiger partial charge in [-0.2, -0.15) is 0 Å². The molecule has 1 saturated carbocycles. The van der Waals surface area contributed by atoms with Crippen molar-refractivity contribution >= 4 is 5.69 Å². The van der Waals surface area contributed by atoms with Crippen LogP contribution in [0.5, 0.6) is 0 Å². The molecule has 2 aliphatic heterocycles. The second-order valence-electron chi connectivity index (χ2n) is 8.14. The van der Waals surface area contributed by atoms with Gasteiger partial charge in [0.05, 0.1) is 0 Å². The van der Waals surface area contributed by atoms with Crippen LogP contribution in [0.3, 0.4) is 0 Å². The highest BCUT2D eigenvalue weighted by Gasteiger charge is 2.42. The van der Waals surface area contributed by atoms with Gasteiger partial charge in [0, 0.05) is 23.7 Å². The first-order valence-corrected chi connectivity index (χ1v) is 9.44. The van der Waals surface area contributed by atoms with Crippen LogP contribution in [0.25, 0.3) is 0 Å². The van der Waals surface area contributed by atoms with Gasteiger partial charge in [0.25, 0.3) is 0 Å². The van der Waals surface area contributed by atoms with E-state index >= 15 is 0 Å². The molecule has 1 aromatic rings. The predicted molar refractivity (Wildman–Crippen MR) is 93.4 cm³/mol. The highest BCUT2D eigenvalue weighted by molar-refractivity contribution is 5.60. The van der Waals surface area contributed by atoms with Crippen LogP contribution in [0.4, 0.5) is 10.1 Å². The Labute approximate surface area is 139 Å². The van der Waals surface area contributed by atoms with Gasteiger partial charge in [0.2, 0.25) is 0 Å². The van der Waals surface area contributed by atoms with Crippen LogP contribution in [0.1, 0.15) is 57.4 Å². The zero-order chi connectivity index (χ0) is 15.9. The molecule has 2 nitrogen and oxygen atoms in total. The van der Waals surface area contributed by atoms with Crippen molar-refractivity contribution in [3.8, 4) is 0 Å². The third-order valence-electron chi connectivity index (χ3n) is 6.60. The number of halogens is 1. The average molecular weight is 316 g/mol. The average Bonchev–Trinajstić information content (AvgIpc) is 2.74. The molecule has 0 bridgehead atoms. The minimum Gasteiger partial charge on any atom is -0.384 e. The van der Waals surface area contributed by atoms with Crippen molar-refractivity contribution in [2.75, 3.05) is 25.0 Å².